The molecular formula is C25H26ClFN2O5S. The molecule has 0 aromatic heterocycles. The number of ether oxygens (including phenoxy) is 3. The number of hydrogen-bond acceptors (Lipinski definition) is 6. The van der Waals surface area contributed by atoms with Crippen LogP contribution in [0.4, 0.5) is 10.1 Å². The predicted octanol–water partition coefficient (Wildman–Crippen LogP) is 5.05. The number of anilines is 1. The minimum Gasteiger partial charge on any atom is -0.493 e. The van der Waals surface area contributed by atoms with Crippen LogP contribution >= 0.6 is 11.6 Å². The van der Waals surface area contributed by atoms with E-state index in [1.807, 2.05) is 7.05 Å². The summed E-state index contributed by atoms with van der Waals surface area (Å²) in [5.74, 6) is 0.552. The van der Waals surface area contributed by atoms with E-state index >= 15 is 0 Å². The van der Waals surface area contributed by atoms with Crippen molar-refractivity contribution in [3.05, 3.63) is 65.4 Å². The highest BCUT2D eigenvalue weighted by Gasteiger charge is 2.25. The zero-order valence-corrected chi connectivity index (χ0v) is 21.1. The minimum absolute atomic E-state index is 0.0275. The van der Waals surface area contributed by atoms with Crippen LogP contribution in [0.1, 0.15) is 6.42 Å². The second-order valence-corrected chi connectivity index (χ2v) is 10.3. The Labute approximate surface area is 209 Å². The van der Waals surface area contributed by atoms with Crippen molar-refractivity contribution in [2.75, 3.05) is 39.1 Å². The van der Waals surface area contributed by atoms with Crippen LogP contribution in [0.3, 0.4) is 0 Å². The topological polar surface area (TPSA) is 77.1 Å². The molecule has 0 aliphatic carbocycles. The lowest BCUT2D eigenvalue weighted by molar-refractivity contribution is 0.208. The number of likely N-dealkylation sites (tertiary alicyclic amines) is 1. The van der Waals surface area contributed by atoms with Crippen LogP contribution in [0.15, 0.2) is 59.5 Å². The van der Waals surface area contributed by atoms with E-state index < -0.39 is 15.8 Å². The lowest BCUT2D eigenvalue weighted by Crippen LogP contribution is -2.21. The number of hydrogen-bond donors (Lipinski definition) is 1. The first kappa shape index (κ1) is 25.1. The van der Waals surface area contributed by atoms with Crippen molar-refractivity contribution < 1.29 is 27.0 Å². The third-order valence-electron chi connectivity index (χ3n) is 5.76. The van der Waals surface area contributed by atoms with Crippen molar-refractivity contribution >= 4 is 27.3 Å². The molecule has 1 fully saturated rings. The largest absolute Gasteiger partial charge is 0.493 e. The van der Waals surface area contributed by atoms with E-state index in [0.717, 1.165) is 19.5 Å². The van der Waals surface area contributed by atoms with Gasteiger partial charge in [0, 0.05) is 30.8 Å². The highest BCUT2D eigenvalue weighted by molar-refractivity contribution is 7.92. The summed E-state index contributed by atoms with van der Waals surface area (Å²) >= 11 is 6.31. The summed E-state index contributed by atoms with van der Waals surface area (Å²) in [4.78, 5) is 2.09. The van der Waals surface area contributed by atoms with E-state index in [1.165, 1.54) is 44.6 Å². The molecule has 0 unspecified atom stereocenters. The van der Waals surface area contributed by atoms with Gasteiger partial charge in [0.25, 0.3) is 10.0 Å². The number of sulfonamides is 1. The van der Waals surface area contributed by atoms with Crippen LogP contribution in [0.25, 0.3) is 11.1 Å². The summed E-state index contributed by atoms with van der Waals surface area (Å²) in [6.07, 6.45) is 0.829. The van der Waals surface area contributed by atoms with Crippen molar-refractivity contribution in [3.8, 4) is 28.4 Å². The molecule has 10 heteroatoms. The molecule has 0 saturated carbocycles. The number of methoxy groups -OCH3 is 2. The highest BCUT2D eigenvalue weighted by atomic mass is 35.5. The molecule has 0 bridgehead atoms. The molecule has 3 aromatic rings. The molecule has 1 aliphatic rings. The Hall–Kier alpha value is -3.01. The van der Waals surface area contributed by atoms with Crippen molar-refractivity contribution in [1.29, 1.82) is 0 Å². The van der Waals surface area contributed by atoms with Crippen LogP contribution in [-0.2, 0) is 10.0 Å². The second-order valence-electron chi connectivity index (χ2n) is 8.25. The maximum atomic E-state index is 13.6. The molecule has 1 atom stereocenters. The third kappa shape index (κ3) is 5.63. The minimum atomic E-state index is -4.11. The van der Waals surface area contributed by atoms with Crippen LogP contribution < -0.4 is 18.9 Å². The van der Waals surface area contributed by atoms with E-state index in [-0.39, 0.29) is 22.4 Å². The van der Waals surface area contributed by atoms with Crippen molar-refractivity contribution in [3.63, 3.8) is 0 Å². The molecule has 1 aliphatic heterocycles. The van der Waals surface area contributed by atoms with E-state index in [0.29, 0.717) is 27.6 Å². The molecule has 7 nitrogen and oxygen atoms in total. The van der Waals surface area contributed by atoms with Crippen LogP contribution in [0.2, 0.25) is 5.02 Å². The monoisotopic (exact) mass is 520 g/mol. The first-order chi connectivity index (χ1) is 16.7. The molecule has 1 N–H and O–H groups in total. The summed E-state index contributed by atoms with van der Waals surface area (Å²) in [5.41, 5.74) is 1.11. The van der Waals surface area contributed by atoms with E-state index in [9.17, 15) is 12.8 Å². The Morgan fingerprint density at radius 2 is 1.69 bits per heavy atom. The SMILES string of the molecule is COc1cc(-c2ccc(F)cc2)c(S(=O)(=O)Nc2ccc(Cl)c(O[C@@H]3CCN(C)C3)c2)cc1OC. The van der Waals surface area contributed by atoms with Crippen molar-refractivity contribution in [2.45, 2.75) is 17.4 Å². The van der Waals surface area contributed by atoms with Gasteiger partial charge in [0.1, 0.15) is 17.7 Å². The molecule has 1 saturated heterocycles. The Kier molecular flexibility index (Phi) is 7.39. The van der Waals surface area contributed by atoms with Crippen LogP contribution in [-0.4, -0.2) is 53.8 Å². The molecule has 1 heterocycles. The first-order valence-corrected chi connectivity index (χ1v) is 12.8. The molecule has 3 aromatic carbocycles. The lowest BCUT2D eigenvalue weighted by atomic mass is 10.0. The summed E-state index contributed by atoms with van der Waals surface area (Å²) in [6.45, 7) is 1.68. The van der Waals surface area contributed by atoms with Gasteiger partial charge in [-0.15, -0.1) is 0 Å². The Balaban J connectivity index is 1.71. The number of nitrogens with zero attached hydrogens (tertiary/aromatic N) is 1. The average Bonchev–Trinajstić information content (AvgIpc) is 3.25. The lowest BCUT2D eigenvalue weighted by Gasteiger charge is -2.18. The van der Waals surface area contributed by atoms with Gasteiger partial charge in [-0.2, -0.15) is 0 Å². The predicted molar refractivity (Wildman–Crippen MR) is 134 cm³/mol. The van der Waals surface area contributed by atoms with Crippen LogP contribution in [0.5, 0.6) is 17.2 Å². The van der Waals surface area contributed by atoms with Crippen LogP contribution in [0, 0.1) is 5.82 Å². The second kappa shape index (κ2) is 10.3. The Bertz CT molecular complexity index is 1320. The number of nitrogens with one attached hydrogen (secondary N) is 1. The van der Waals surface area contributed by atoms with E-state index in [1.54, 1.807) is 24.3 Å². The van der Waals surface area contributed by atoms with Crippen molar-refractivity contribution in [2.24, 2.45) is 0 Å². The van der Waals surface area contributed by atoms with Crippen molar-refractivity contribution in [1.82, 2.24) is 4.90 Å². The van der Waals surface area contributed by atoms with E-state index in [4.69, 9.17) is 25.8 Å². The number of likely N-dealkylation sites (N-methyl/N-ethyl adjacent to an activating group) is 1. The van der Waals surface area contributed by atoms with Gasteiger partial charge in [-0.1, -0.05) is 23.7 Å². The molecule has 186 valence electrons. The van der Waals surface area contributed by atoms with Gasteiger partial charge in [-0.25, -0.2) is 12.8 Å². The van der Waals surface area contributed by atoms with Gasteiger partial charge in [0.2, 0.25) is 0 Å². The molecule has 4 rings (SSSR count). The molecule has 0 radical (unpaired) electrons. The maximum Gasteiger partial charge on any atom is 0.262 e. The first-order valence-electron chi connectivity index (χ1n) is 10.9. The summed E-state index contributed by atoms with van der Waals surface area (Å²) < 4.78 is 59.9. The molecule has 35 heavy (non-hydrogen) atoms. The fourth-order valence-corrected chi connectivity index (χ4v) is 5.41. The normalized spacial score (nSPS) is 16.2. The number of benzene rings is 3. The van der Waals surface area contributed by atoms with Gasteiger partial charge in [0.15, 0.2) is 11.5 Å². The zero-order chi connectivity index (χ0) is 25.2. The fraction of sp³-hybridized carbons (Fsp3) is 0.280. The fourth-order valence-electron chi connectivity index (χ4n) is 3.98. The van der Waals surface area contributed by atoms with Gasteiger partial charge in [-0.05, 0) is 49.4 Å². The molecule has 0 amide bonds. The van der Waals surface area contributed by atoms with Gasteiger partial charge in [-0.3, -0.25) is 4.72 Å². The third-order valence-corrected chi connectivity index (χ3v) is 7.49. The molecule has 0 spiro atoms. The Morgan fingerprint density at radius 1 is 1.00 bits per heavy atom. The number of rotatable bonds is 8. The summed E-state index contributed by atoms with van der Waals surface area (Å²) in [5, 5.41) is 0.389. The quantitative estimate of drug-likeness (QED) is 0.448. The summed E-state index contributed by atoms with van der Waals surface area (Å²) in [6, 6.07) is 13.2. The highest BCUT2D eigenvalue weighted by Crippen LogP contribution is 2.39. The van der Waals surface area contributed by atoms with Gasteiger partial charge >= 0.3 is 0 Å². The van der Waals surface area contributed by atoms with Gasteiger partial charge in [0.05, 0.1) is 29.8 Å². The maximum absolute atomic E-state index is 13.6. The standard InChI is InChI=1S/C25H26ClFN2O5S/c1-29-11-10-19(15-29)34-22-12-18(8-9-21(22)26)28-35(30,31)25-14-24(33-3)23(32-2)13-20(25)16-4-6-17(27)7-5-16/h4-9,12-14,19,28H,10-11,15H2,1-3H3/t19-/m1/s1. The smallest absolute Gasteiger partial charge is 0.262 e. The van der Waals surface area contributed by atoms with E-state index in [2.05, 4.69) is 9.62 Å². The Morgan fingerprint density at radius 3 is 2.31 bits per heavy atom. The average molecular weight is 521 g/mol. The zero-order valence-electron chi connectivity index (χ0n) is 19.5. The summed E-state index contributed by atoms with van der Waals surface area (Å²) in [7, 11) is 0.773. The number of halogens is 2. The van der Waals surface area contributed by atoms with Gasteiger partial charge < -0.3 is 19.1 Å². The molecular weight excluding hydrogens is 495 g/mol.